The lowest BCUT2D eigenvalue weighted by Gasteiger charge is -2.12. The minimum atomic E-state index is -4.37. The number of aromatic amines is 1. The van der Waals surface area contributed by atoms with Gasteiger partial charge in [0.05, 0.1) is 11.3 Å². The van der Waals surface area contributed by atoms with Crippen LogP contribution in [0.2, 0.25) is 0 Å². The van der Waals surface area contributed by atoms with E-state index in [0.717, 1.165) is 17.7 Å². The summed E-state index contributed by atoms with van der Waals surface area (Å²) in [5.74, 6) is 0.669. The van der Waals surface area contributed by atoms with Crippen molar-refractivity contribution < 1.29 is 13.2 Å². The second-order valence-corrected chi connectivity index (χ2v) is 8.17. The van der Waals surface area contributed by atoms with Gasteiger partial charge in [-0.15, -0.1) is 0 Å². The summed E-state index contributed by atoms with van der Waals surface area (Å²) >= 11 is 0. The van der Waals surface area contributed by atoms with Crippen LogP contribution in [0.1, 0.15) is 52.2 Å². The highest BCUT2D eigenvalue weighted by molar-refractivity contribution is 5.34. The fourth-order valence-electron chi connectivity index (χ4n) is 3.63. The molecule has 0 aliphatic carbocycles. The monoisotopic (exact) mass is 452 g/mol. The normalized spacial score (nSPS) is 12.7. The Kier molecular flexibility index (Phi) is 5.93. The van der Waals surface area contributed by atoms with Crippen LogP contribution >= 0.6 is 0 Å². The number of H-pyrrole nitrogens is 1. The van der Waals surface area contributed by atoms with Crippen molar-refractivity contribution in [3.8, 4) is 5.82 Å². The van der Waals surface area contributed by atoms with Crippen molar-refractivity contribution in [2.24, 2.45) is 0 Å². The van der Waals surface area contributed by atoms with Gasteiger partial charge < -0.3 is 4.98 Å². The SMILES string of the molecule is Cc1ccc(Cc2nc(-n3ccc(C(C)c4ccc(C(F)(F)F)cc4)n3)cc(=O)[nH]2)cc1C. The number of hydrogen-bond acceptors (Lipinski definition) is 3. The molecular formula is C25H23F3N4O. The molecule has 2 aromatic heterocycles. The first-order valence-corrected chi connectivity index (χ1v) is 10.5. The average Bonchev–Trinajstić information content (AvgIpc) is 3.25. The summed E-state index contributed by atoms with van der Waals surface area (Å²) in [5, 5.41) is 4.52. The van der Waals surface area contributed by atoms with E-state index in [1.807, 2.05) is 32.9 Å². The average molecular weight is 452 g/mol. The number of aryl methyl sites for hydroxylation is 2. The zero-order chi connectivity index (χ0) is 23.8. The number of benzene rings is 2. The van der Waals surface area contributed by atoms with Crippen molar-refractivity contribution in [1.82, 2.24) is 19.7 Å². The topological polar surface area (TPSA) is 63.6 Å². The Bertz CT molecular complexity index is 1340. The Labute approximate surface area is 188 Å². The van der Waals surface area contributed by atoms with Gasteiger partial charge in [-0.25, -0.2) is 9.67 Å². The lowest BCUT2D eigenvalue weighted by Crippen LogP contribution is -2.15. The van der Waals surface area contributed by atoms with E-state index in [1.54, 1.807) is 12.3 Å². The summed E-state index contributed by atoms with van der Waals surface area (Å²) in [5.41, 5.74) is 3.80. The van der Waals surface area contributed by atoms with Gasteiger partial charge in [-0.1, -0.05) is 37.3 Å². The lowest BCUT2D eigenvalue weighted by molar-refractivity contribution is -0.137. The molecular weight excluding hydrogens is 429 g/mol. The number of hydrogen-bond donors (Lipinski definition) is 1. The quantitative estimate of drug-likeness (QED) is 0.445. The number of aromatic nitrogens is 4. The zero-order valence-corrected chi connectivity index (χ0v) is 18.4. The van der Waals surface area contributed by atoms with Gasteiger partial charge in [-0.2, -0.15) is 18.3 Å². The Balaban J connectivity index is 1.57. The Morgan fingerprint density at radius 2 is 1.73 bits per heavy atom. The van der Waals surface area contributed by atoms with Crippen LogP contribution < -0.4 is 5.56 Å². The molecule has 0 bridgehead atoms. The highest BCUT2D eigenvalue weighted by Crippen LogP contribution is 2.31. The van der Waals surface area contributed by atoms with Crippen LogP contribution in [0.25, 0.3) is 5.82 Å². The van der Waals surface area contributed by atoms with Crippen LogP contribution in [0.15, 0.2) is 65.6 Å². The maximum Gasteiger partial charge on any atom is 0.416 e. The van der Waals surface area contributed by atoms with Crippen molar-refractivity contribution in [3.05, 3.63) is 110 Å². The third-order valence-corrected chi connectivity index (χ3v) is 5.75. The number of nitrogens with one attached hydrogen (secondary N) is 1. The fraction of sp³-hybridized carbons (Fsp3) is 0.240. The largest absolute Gasteiger partial charge is 0.416 e. The Morgan fingerprint density at radius 1 is 1.00 bits per heavy atom. The van der Waals surface area contributed by atoms with E-state index in [1.165, 1.54) is 34.0 Å². The molecule has 33 heavy (non-hydrogen) atoms. The fourth-order valence-corrected chi connectivity index (χ4v) is 3.63. The standard InChI is InChI=1S/C25H23F3N4O/c1-15-4-5-18(12-16(15)2)13-22-29-23(14-24(33)30-22)32-11-10-21(31-32)17(3)19-6-8-20(9-7-19)25(26,27)28/h4-12,14,17H,13H2,1-3H3,(H,29,30,33). The van der Waals surface area contributed by atoms with Crippen LogP contribution in [0.4, 0.5) is 13.2 Å². The van der Waals surface area contributed by atoms with E-state index in [0.29, 0.717) is 29.3 Å². The van der Waals surface area contributed by atoms with Gasteiger partial charge >= 0.3 is 6.18 Å². The summed E-state index contributed by atoms with van der Waals surface area (Å²) < 4.78 is 40.0. The maximum absolute atomic E-state index is 12.8. The minimum Gasteiger partial charge on any atom is -0.310 e. The summed E-state index contributed by atoms with van der Waals surface area (Å²) in [6, 6.07) is 14.3. The van der Waals surface area contributed by atoms with Crippen LogP contribution in [0, 0.1) is 13.8 Å². The smallest absolute Gasteiger partial charge is 0.310 e. The molecule has 5 nitrogen and oxygen atoms in total. The van der Waals surface area contributed by atoms with Crippen molar-refractivity contribution in [1.29, 1.82) is 0 Å². The molecule has 0 aliphatic heterocycles. The molecule has 170 valence electrons. The van der Waals surface area contributed by atoms with E-state index >= 15 is 0 Å². The van der Waals surface area contributed by atoms with E-state index in [9.17, 15) is 18.0 Å². The number of alkyl halides is 3. The molecule has 1 atom stereocenters. The van der Waals surface area contributed by atoms with Gasteiger partial charge in [0.1, 0.15) is 5.82 Å². The predicted molar refractivity (Wildman–Crippen MR) is 120 cm³/mol. The van der Waals surface area contributed by atoms with Crippen LogP contribution in [0.3, 0.4) is 0 Å². The third kappa shape index (κ3) is 5.05. The summed E-state index contributed by atoms with van der Waals surface area (Å²) in [6.07, 6.45) is -2.21. The van der Waals surface area contributed by atoms with Gasteiger partial charge in [-0.05, 0) is 54.3 Å². The number of rotatable bonds is 5. The van der Waals surface area contributed by atoms with Crippen molar-refractivity contribution in [2.45, 2.75) is 39.3 Å². The second-order valence-electron chi connectivity index (χ2n) is 8.17. The highest BCUT2D eigenvalue weighted by Gasteiger charge is 2.30. The van der Waals surface area contributed by atoms with Gasteiger partial charge in [-0.3, -0.25) is 4.79 Å². The first-order valence-electron chi connectivity index (χ1n) is 10.5. The maximum atomic E-state index is 12.8. The molecule has 2 aromatic carbocycles. The van der Waals surface area contributed by atoms with Crippen LogP contribution in [0.5, 0.6) is 0 Å². The molecule has 2 heterocycles. The van der Waals surface area contributed by atoms with E-state index in [4.69, 9.17) is 0 Å². The molecule has 0 radical (unpaired) electrons. The van der Waals surface area contributed by atoms with Gasteiger partial charge in [0.15, 0.2) is 5.82 Å². The highest BCUT2D eigenvalue weighted by atomic mass is 19.4. The molecule has 8 heteroatoms. The van der Waals surface area contributed by atoms with Crippen LogP contribution in [-0.2, 0) is 12.6 Å². The first kappa shape index (κ1) is 22.5. The molecule has 0 fully saturated rings. The number of nitrogens with zero attached hydrogens (tertiary/aromatic N) is 3. The molecule has 0 saturated heterocycles. The van der Waals surface area contributed by atoms with Crippen LogP contribution in [-0.4, -0.2) is 19.7 Å². The van der Waals surface area contributed by atoms with Gasteiger partial charge in [0.2, 0.25) is 0 Å². The molecule has 1 unspecified atom stereocenters. The minimum absolute atomic E-state index is 0.231. The number of halogens is 3. The van der Waals surface area contributed by atoms with E-state index in [-0.39, 0.29) is 11.5 Å². The Hall–Kier alpha value is -3.68. The zero-order valence-electron chi connectivity index (χ0n) is 18.4. The molecule has 1 N–H and O–H groups in total. The predicted octanol–water partition coefficient (Wildman–Crippen LogP) is 5.33. The summed E-state index contributed by atoms with van der Waals surface area (Å²) in [6.45, 7) is 5.95. The summed E-state index contributed by atoms with van der Waals surface area (Å²) in [4.78, 5) is 19.6. The van der Waals surface area contributed by atoms with Crippen molar-refractivity contribution in [3.63, 3.8) is 0 Å². The molecule has 0 aliphatic rings. The van der Waals surface area contributed by atoms with Gasteiger partial charge in [0, 0.05) is 24.6 Å². The molecule has 4 rings (SSSR count). The van der Waals surface area contributed by atoms with Gasteiger partial charge in [0.25, 0.3) is 5.56 Å². The van der Waals surface area contributed by atoms with Crippen molar-refractivity contribution in [2.75, 3.05) is 0 Å². The summed E-state index contributed by atoms with van der Waals surface area (Å²) in [7, 11) is 0. The molecule has 0 amide bonds. The van der Waals surface area contributed by atoms with Crippen molar-refractivity contribution >= 4 is 0 Å². The third-order valence-electron chi connectivity index (χ3n) is 5.75. The Morgan fingerprint density at radius 3 is 2.39 bits per heavy atom. The molecule has 0 spiro atoms. The second kappa shape index (κ2) is 8.69. The van der Waals surface area contributed by atoms with E-state index < -0.39 is 11.7 Å². The molecule has 4 aromatic rings. The lowest BCUT2D eigenvalue weighted by atomic mass is 9.97. The molecule has 0 saturated carbocycles. The first-order chi connectivity index (χ1) is 15.6. The van der Waals surface area contributed by atoms with E-state index in [2.05, 4.69) is 21.1 Å².